The number of hydrogen-bond acceptors (Lipinski definition) is 4. The first kappa shape index (κ1) is 15.7. The van der Waals surface area contributed by atoms with Crippen molar-refractivity contribution in [1.29, 1.82) is 0 Å². The third-order valence-corrected chi connectivity index (χ3v) is 5.78. The normalized spacial score (nSPS) is 16.2. The first-order valence-corrected chi connectivity index (χ1v) is 8.92. The standard InChI is InChI=1S/C15H18N4O3S/c20-15(18-12-10-16-17-11-12)13-6-2-3-7-14(13)23(21,22)19-8-4-1-5-9-19/h2-3,6-7,10-11H,1,4-5,8-9H2,(H,16,17)(H,18,20). The number of piperidine rings is 1. The molecule has 122 valence electrons. The van der Waals surface area contributed by atoms with E-state index in [2.05, 4.69) is 15.5 Å². The second kappa shape index (κ2) is 6.51. The Morgan fingerprint density at radius 2 is 1.91 bits per heavy atom. The van der Waals surface area contributed by atoms with Crippen LogP contribution in [0, 0.1) is 0 Å². The van der Waals surface area contributed by atoms with E-state index < -0.39 is 15.9 Å². The van der Waals surface area contributed by atoms with Gasteiger partial charge in [-0.05, 0) is 25.0 Å². The third kappa shape index (κ3) is 3.27. The van der Waals surface area contributed by atoms with Crippen LogP contribution >= 0.6 is 0 Å². The minimum atomic E-state index is -3.67. The van der Waals surface area contributed by atoms with E-state index in [1.165, 1.54) is 28.8 Å². The van der Waals surface area contributed by atoms with Crippen LogP contribution in [0.1, 0.15) is 29.6 Å². The average Bonchev–Trinajstić information content (AvgIpc) is 3.08. The van der Waals surface area contributed by atoms with Gasteiger partial charge in [0.25, 0.3) is 5.91 Å². The molecule has 23 heavy (non-hydrogen) atoms. The minimum Gasteiger partial charge on any atom is -0.319 e. The zero-order valence-electron chi connectivity index (χ0n) is 12.5. The number of carbonyl (C=O) groups excluding carboxylic acids is 1. The van der Waals surface area contributed by atoms with Gasteiger partial charge in [-0.2, -0.15) is 9.40 Å². The van der Waals surface area contributed by atoms with Crippen molar-refractivity contribution >= 4 is 21.6 Å². The van der Waals surface area contributed by atoms with E-state index in [1.807, 2.05) is 0 Å². The Morgan fingerprint density at radius 3 is 2.61 bits per heavy atom. The minimum absolute atomic E-state index is 0.0443. The van der Waals surface area contributed by atoms with E-state index >= 15 is 0 Å². The Bertz CT molecular complexity index is 781. The molecule has 2 N–H and O–H groups in total. The fraction of sp³-hybridized carbons (Fsp3) is 0.333. The highest BCUT2D eigenvalue weighted by atomic mass is 32.2. The molecule has 0 saturated carbocycles. The zero-order chi connectivity index (χ0) is 16.3. The number of rotatable bonds is 4. The predicted molar refractivity (Wildman–Crippen MR) is 85.6 cm³/mol. The summed E-state index contributed by atoms with van der Waals surface area (Å²) in [5.41, 5.74) is 0.624. The molecule has 7 nitrogen and oxygen atoms in total. The van der Waals surface area contributed by atoms with Crippen molar-refractivity contribution in [3.8, 4) is 0 Å². The van der Waals surface area contributed by atoms with Crippen LogP contribution in [0.25, 0.3) is 0 Å². The van der Waals surface area contributed by atoms with Crippen molar-refractivity contribution in [3.63, 3.8) is 0 Å². The number of sulfonamides is 1. The molecule has 1 aliphatic rings. The molecule has 1 fully saturated rings. The summed E-state index contributed by atoms with van der Waals surface area (Å²) in [7, 11) is -3.67. The van der Waals surface area contributed by atoms with Gasteiger partial charge in [0.1, 0.15) is 0 Å². The van der Waals surface area contributed by atoms with Crippen LogP contribution in [-0.2, 0) is 10.0 Å². The third-order valence-electron chi connectivity index (χ3n) is 3.82. The van der Waals surface area contributed by atoms with Crippen LogP contribution in [-0.4, -0.2) is 41.9 Å². The molecule has 0 atom stereocenters. The number of benzene rings is 1. The Labute approximate surface area is 134 Å². The van der Waals surface area contributed by atoms with Crippen LogP contribution in [0.5, 0.6) is 0 Å². The van der Waals surface area contributed by atoms with Gasteiger partial charge in [0.05, 0.1) is 22.3 Å². The highest BCUT2D eigenvalue weighted by Gasteiger charge is 2.29. The SMILES string of the molecule is O=C(Nc1cn[nH]c1)c1ccccc1S(=O)(=O)N1CCCCC1. The van der Waals surface area contributed by atoms with Gasteiger partial charge in [-0.15, -0.1) is 0 Å². The van der Waals surface area contributed by atoms with Gasteiger partial charge in [0.2, 0.25) is 10.0 Å². The lowest BCUT2D eigenvalue weighted by atomic mass is 10.2. The van der Waals surface area contributed by atoms with E-state index in [0.29, 0.717) is 18.8 Å². The Kier molecular flexibility index (Phi) is 4.44. The highest BCUT2D eigenvalue weighted by molar-refractivity contribution is 7.89. The smallest absolute Gasteiger partial charge is 0.257 e. The molecule has 2 aromatic rings. The van der Waals surface area contributed by atoms with Gasteiger partial charge in [-0.25, -0.2) is 8.42 Å². The molecule has 1 amide bonds. The van der Waals surface area contributed by atoms with Crippen LogP contribution in [0.3, 0.4) is 0 Å². The van der Waals surface area contributed by atoms with E-state index in [4.69, 9.17) is 0 Å². The molecule has 3 rings (SSSR count). The number of aromatic amines is 1. The van der Waals surface area contributed by atoms with Gasteiger partial charge in [0.15, 0.2) is 0 Å². The molecule has 8 heteroatoms. The lowest BCUT2D eigenvalue weighted by Crippen LogP contribution is -2.36. The fourth-order valence-electron chi connectivity index (χ4n) is 2.64. The van der Waals surface area contributed by atoms with E-state index in [1.54, 1.807) is 12.1 Å². The molecule has 1 saturated heterocycles. The Balaban J connectivity index is 1.92. The van der Waals surface area contributed by atoms with Crippen LogP contribution < -0.4 is 5.32 Å². The second-order valence-electron chi connectivity index (χ2n) is 5.40. The summed E-state index contributed by atoms with van der Waals surface area (Å²) in [4.78, 5) is 12.5. The maximum Gasteiger partial charge on any atom is 0.257 e. The number of nitrogens with zero attached hydrogens (tertiary/aromatic N) is 2. The first-order chi connectivity index (χ1) is 11.1. The Hall–Kier alpha value is -2.19. The summed E-state index contributed by atoms with van der Waals surface area (Å²) in [5, 5.41) is 8.98. The number of amides is 1. The van der Waals surface area contributed by atoms with E-state index in [0.717, 1.165) is 19.3 Å². The van der Waals surface area contributed by atoms with Crippen LogP contribution in [0.4, 0.5) is 5.69 Å². The molecule has 0 aliphatic carbocycles. The molecular weight excluding hydrogens is 316 g/mol. The molecule has 0 unspecified atom stereocenters. The molecule has 0 bridgehead atoms. The Morgan fingerprint density at radius 1 is 1.17 bits per heavy atom. The average molecular weight is 334 g/mol. The van der Waals surface area contributed by atoms with Crippen molar-refractivity contribution < 1.29 is 13.2 Å². The van der Waals surface area contributed by atoms with Crippen LogP contribution in [0.2, 0.25) is 0 Å². The summed E-state index contributed by atoms with van der Waals surface area (Å²) >= 11 is 0. The van der Waals surface area contributed by atoms with Gasteiger partial charge in [-0.3, -0.25) is 9.89 Å². The fourth-order valence-corrected chi connectivity index (χ4v) is 4.35. The number of anilines is 1. The molecule has 1 aromatic heterocycles. The number of hydrogen-bond donors (Lipinski definition) is 2. The summed E-state index contributed by atoms with van der Waals surface area (Å²) in [6, 6.07) is 6.28. The zero-order valence-corrected chi connectivity index (χ0v) is 13.3. The highest BCUT2D eigenvalue weighted by Crippen LogP contribution is 2.24. The number of aromatic nitrogens is 2. The quantitative estimate of drug-likeness (QED) is 0.892. The van der Waals surface area contributed by atoms with Crippen LogP contribution in [0.15, 0.2) is 41.6 Å². The molecule has 1 aromatic carbocycles. The van der Waals surface area contributed by atoms with E-state index in [9.17, 15) is 13.2 Å². The lowest BCUT2D eigenvalue weighted by Gasteiger charge is -2.26. The predicted octanol–water partition coefficient (Wildman–Crippen LogP) is 1.84. The molecular formula is C15H18N4O3S. The van der Waals surface area contributed by atoms with Crippen molar-refractivity contribution in [3.05, 3.63) is 42.2 Å². The molecule has 0 spiro atoms. The topological polar surface area (TPSA) is 95.2 Å². The number of H-pyrrole nitrogens is 1. The van der Waals surface area contributed by atoms with Crippen molar-refractivity contribution in [1.82, 2.24) is 14.5 Å². The summed E-state index contributed by atoms with van der Waals surface area (Å²) in [6.07, 6.45) is 5.72. The summed E-state index contributed by atoms with van der Waals surface area (Å²) in [5.74, 6) is -0.470. The molecule has 2 heterocycles. The number of carbonyl (C=O) groups is 1. The maximum atomic E-state index is 12.8. The van der Waals surface area contributed by atoms with Crippen molar-refractivity contribution in [2.45, 2.75) is 24.2 Å². The van der Waals surface area contributed by atoms with E-state index in [-0.39, 0.29) is 10.5 Å². The number of nitrogens with one attached hydrogen (secondary N) is 2. The molecule has 1 aliphatic heterocycles. The molecule has 0 radical (unpaired) electrons. The van der Waals surface area contributed by atoms with Gasteiger partial charge in [0, 0.05) is 19.3 Å². The van der Waals surface area contributed by atoms with Gasteiger partial charge in [-0.1, -0.05) is 18.6 Å². The summed E-state index contributed by atoms with van der Waals surface area (Å²) < 4.78 is 27.1. The van der Waals surface area contributed by atoms with Crippen molar-refractivity contribution in [2.75, 3.05) is 18.4 Å². The summed E-state index contributed by atoms with van der Waals surface area (Å²) in [6.45, 7) is 1.00. The second-order valence-corrected chi connectivity index (χ2v) is 7.31. The van der Waals surface area contributed by atoms with Gasteiger partial charge >= 0.3 is 0 Å². The lowest BCUT2D eigenvalue weighted by molar-refractivity contribution is 0.102. The monoisotopic (exact) mass is 334 g/mol. The van der Waals surface area contributed by atoms with Crippen molar-refractivity contribution in [2.24, 2.45) is 0 Å². The largest absolute Gasteiger partial charge is 0.319 e. The van der Waals surface area contributed by atoms with Gasteiger partial charge < -0.3 is 5.32 Å². The first-order valence-electron chi connectivity index (χ1n) is 7.48. The maximum absolute atomic E-state index is 12.8.